The van der Waals surface area contributed by atoms with Crippen LogP contribution in [0.25, 0.3) is 33.5 Å². The fraction of sp³-hybridized carbons (Fsp3) is 0.441. The van der Waals surface area contributed by atoms with Gasteiger partial charge in [-0.25, -0.2) is 4.98 Å². The lowest BCUT2D eigenvalue weighted by Gasteiger charge is -2.52. The smallest absolute Gasteiger partial charge is 0.254 e. The molecule has 2 aromatic carbocycles. The fourth-order valence-corrected chi connectivity index (χ4v) is 8.53. The van der Waals surface area contributed by atoms with Crippen LogP contribution in [0, 0.1) is 17.8 Å². The number of imidazole rings is 1. The standard InChI is InChI=1S/C34H36N6O2/c1-42-30-18-23(34(41)39-19-24-14-22-17-28(39)31(22)24)15-26-32(30)40-20-25-10-13-37(36-25)11-6-2-3-7-12-38-27-9-5-4-8-21(27)16-29(38)33(40)35-26/h4-5,8-10,13,15-16,18,22,24,28,31H,2-3,6-7,11-12,14,17,19-20H2,1H3/t22?,24?,28?,31-/m1/s1. The molecule has 3 fully saturated rings. The molecule has 4 atom stereocenters. The number of nitrogens with zero attached hydrogens (tertiary/aromatic N) is 6. The molecular formula is C34H36N6O2. The maximum absolute atomic E-state index is 13.9. The van der Waals surface area contributed by atoms with Gasteiger partial charge in [0.15, 0.2) is 5.82 Å². The van der Waals surface area contributed by atoms with Crippen LogP contribution in [-0.2, 0) is 19.6 Å². The number of amides is 1. The molecular weight excluding hydrogens is 524 g/mol. The first kappa shape index (κ1) is 24.5. The van der Waals surface area contributed by atoms with Crippen LogP contribution >= 0.6 is 0 Å². The van der Waals surface area contributed by atoms with Crippen molar-refractivity contribution in [2.24, 2.45) is 17.8 Å². The van der Waals surface area contributed by atoms with Crippen LogP contribution in [-0.4, -0.2) is 54.4 Å². The maximum Gasteiger partial charge on any atom is 0.254 e. The number of aryl methyl sites for hydroxylation is 2. The van der Waals surface area contributed by atoms with E-state index in [0.717, 1.165) is 72.6 Å². The van der Waals surface area contributed by atoms with E-state index in [1.807, 2.05) is 12.1 Å². The lowest BCUT2D eigenvalue weighted by atomic mass is 9.53. The highest BCUT2D eigenvalue weighted by Gasteiger charge is 2.61. The average Bonchev–Trinajstić information content (AvgIpc) is 3.70. The van der Waals surface area contributed by atoms with Crippen LogP contribution in [0.3, 0.4) is 0 Å². The lowest BCUT2D eigenvalue weighted by molar-refractivity contribution is -0.0204. The zero-order valence-corrected chi connectivity index (χ0v) is 24.1. The summed E-state index contributed by atoms with van der Waals surface area (Å²) in [6.45, 7) is 3.34. The van der Waals surface area contributed by atoms with Crippen LogP contribution in [0.2, 0.25) is 0 Å². The third kappa shape index (κ3) is 3.56. The highest BCUT2D eigenvalue weighted by Crippen LogP contribution is 2.60. The first-order valence-corrected chi connectivity index (χ1v) is 15.7. The molecule has 8 nitrogen and oxygen atoms in total. The number of fused-ring (bicyclic) bond motifs is 9. The number of likely N-dealkylation sites (tertiary alicyclic amines) is 1. The van der Waals surface area contributed by atoms with E-state index in [1.165, 1.54) is 36.6 Å². The normalized spacial score (nSPS) is 24.8. The van der Waals surface area contributed by atoms with Crippen LogP contribution < -0.4 is 4.74 Å². The second-order valence-electron chi connectivity index (χ2n) is 12.9. The molecule has 42 heavy (non-hydrogen) atoms. The van der Waals surface area contributed by atoms with E-state index in [1.54, 1.807) is 7.11 Å². The highest BCUT2D eigenvalue weighted by molar-refractivity contribution is 6.00. The highest BCUT2D eigenvalue weighted by atomic mass is 16.5. The lowest BCUT2D eigenvalue weighted by Crippen LogP contribution is -2.53. The zero-order chi connectivity index (χ0) is 27.9. The van der Waals surface area contributed by atoms with E-state index in [2.05, 4.69) is 61.3 Å². The van der Waals surface area contributed by atoms with Crippen molar-refractivity contribution < 1.29 is 9.53 Å². The Kier molecular flexibility index (Phi) is 5.38. The van der Waals surface area contributed by atoms with E-state index in [0.29, 0.717) is 29.8 Å². The van der Waals surface area contributed by atoms with Crippen molar-refractivity contribution in [3.05, 3.63) is 66.0 Å². The summed E-state index contributed by atoms with van der Waals surface area (Å²) < 4.78 is 12.8. The van der Waals surface area contributed by atoms with Gasteiger partial charge < -0.3 is 18.8 Å². The molecule has 2 aliphatic heterocycles. The number of para-hydroxylation sites is 1. The molecule has 0 N–H and O–H groups in total. The number of carbonyl (C=O) groups is 1. The number of hydrogen-bond acceptors (Lipinski definition) is 4. The summed E-state index contributed by atoms with van der Waals surface area (Å²) in [6.07, 6.45) is 9.16. The predicted octanol–water partition coefficient (Wildman–Crippen LogP) is 5.97. The Labute approximate surface area is 244 Å². The Bertz CT molecular complexity index is 1860. The minimum absolute atomic E-state index is 0.121. The summed E-state index contributed by atoms with van der Waals surface area (Å²) in [7, 11) is 1.70. The topological polar surface area (TPSA) is 70.1 Å². The molecule has 1 saturated heterocycles. The molecule has 214 valence electrons. The molecule has 8 heteroatoms. The minimum atomic E-state index is 0.121. The SMILES string of the molecule is COc1cc(C(=O)N2CC3CC4CC2[C@H]43)cc2nc3n(c12)Cc1ccn(n1)CCCCCCn1c-3cc2ccccc21. The Hall–Kier alpha value is -4.07. The molecule has 4 aliphatic rings. The Balaban J connectivity index is 1.22. The first-order chi connectivity index (χ1) is 20.7. The van der Waals surface area contributed by atoms with Crippen molar-refractivity contribution >= 4 is 27.8 Å². The van der Waals surface area contributed by atoms with Gasteiger partial charge in [0.2, 0.25) is 0 Å². The number of ether oxygens (including phenoxy) is 1. The van der Waals surface area contributed by atoms with Crippen LogP contribution in [0.4, 0.5) is 0 Å². The monoisotopic (exact) mass is 560 g/mol. The van der Waals surface area contributed by atoms with E-state index in [-0.39, 0.29) is 5.91 Å². The van der Waals surface area contributed by atoms with Crippen molar-refractivity contribution in [1.82, 2.24) is 28.8 Å². The molecule has 2 aliphatic carbocycles. The summed E-state index contributed by atoms with van der Waals surface area (Å²) in [5.74, 6) is 3.99. The molecule has 3 unspecified atom stereocenters. The fourth-order valence-electron chi connectivity index (χ4n) is 8.53. The van der Waals surface area contributed by atoms with Crippen LogP contribution in [0.1, 0.15) is 54.6 Å². The van der Waals surface area contributed by atoms with Gasteiger partial charge in [-0.2, -0.15) is 5.10 Å². The summed E-state index contributed by atoms with van der Waals surface area (Å²) >= 11 is 0. The predicted molar refractivity (Wildman–Crippen MR) is 162 cm³/mol. The molecule has 2 bridgehead atoms. The molecule has 3 aromatic heterocycles. The van der Waals surface area contributed by atoms with Gasteiger partial charge in [-0.3, -0.25) is 9.48 Å². The summed E-state index contributed by atoms with van der Waals surface area (Å²) in [4.78, 5) is 21.3. The zero-order valence-electron chi connectivity index (χ0n) is 24.1. The number of methoxy groups -OCH3 is 1. The summed E-state index contributed by atoms with van der Waals surface area (Å²) in [5, 5.41) is 6.14. The van der Waals surface area contributed by atoms with Gasteiger partial charge >= 0.3 is 0 Å². The number of carbonyl (C=O) groups excluding carboxylic acids is 1. The second-order valence-corrected chi connectivity index (χ2v) is 12.9. The van der Waals surface area contributed by atoms with Crippen molar-refractivity contribution in [2.45, 2.75) is 64.2 Å². The molecule has 9 rings (SSSR count). The maximum atomic E-state index is 13.9. The van der Waals surface area contributed by atoms with Crippen LogP contribution in [0.5, 0.6) is 5.75 Å². The Morgan fingerprint density at radius 1 is 0.952 bits per heavy atom. The van der Waals surface area contributed by atoms with Gasteiger partial charge in [0.25, 0.3) is 5.91 Å². The number of benzene rings is 2. The number of rotatable bonds is 2. The quantitative estimate of drug-likeness (QED) is 0.267. The van der Waals surface area contributed by atoms with E-state index in [4.69, 9.17) is 14.8 Å². The van der Waals surface area contributed by atoms with Crippen molar-refractivity contribution in [3.63, 3.8) is 0 Å². The van der Waals surface area contributed by atoms with Crippen molar-refractivity contribution in [1.29, 1.82) is 0 Å². The Morgan fingerprint density at radius 2 is 1.83 bits per heavy atom. The van der Waals surface area contributed by atoms with E-state index < -0.39 is 0 Å². The molecule has 0 radical (unpaired) electrons. The average molecular weight is 561 g/mol. The van der Waals surface area contributed by atoms with Crippen molar-refractivity contribution in [2.75, 3.05) is 13.7 Å². The molecule has 5 heterocycles. The van der Waals surface area contributed by atoms with E-state index in [9.17, 15) is 4.79 Å². The molecule has 1 amide bonds. The number of aromatic nitrogens is 5. The van der Waals surface area contributed by atoms with Gasteiger partial charge in [0, 0.05) is 48.3 Å². The van der Waals surface area contributed by atoms with Gasteiger partial charge in [-0.05, 0) is 73.8 Å². The summed E-state index contributed by atoms with van der Waals surface area (Å²) in [5.41, 5.74) is 5.69. The second kappa shape index (κ2) is 9.21. The third-order valence-electron chi connectivity index (χ3n) is 10.6. The van der Waals surface area contributed by atoms with Gasteiger partial charge in [0.1, 0.15) is 11.3 Å². The number of hydrogen-bond donors (Lipinski definition) is 0. The van der Waals surface area contributed by atoms with Gasteiger partial charge in [0.05, 0.1) is 30.6 Å². The third-order valence-corrected chi connectivity index (χ3v) is 10.6. The first-order valence-electron chi connectivity index (χ1n) is 15.7. The summed E-state index contributed by atoms with van der Waals surface area (Å²) in [6, 6.07) is 17.4. The van der Waals surface area contributed by atoms with Crippen LogP contribution in [0.15, 0.2) is 54.7 Å². The molecule has 5 aromatic rings. The van der Waals surface area contributed by atoms with Gasteiger partial charge in [-0.1, -0.05) is 31.0 Å². The molecule has 2 saturated carbocycles. The van der Waals surface area contributed by atoms with E-state index >= 15 is 0 Å². The minimum Gasteiger partial charge on any atom is -0.494 e. The largest absolute Gasteiger partial charge is 0.494 e. The van der Waals surface area contributed by atoms with Crippen molar-refractivity contribution in [3.8, 4) is 17.3 Å². The molecule has 0 spiro atoms. The van der Waals surface area contributed by atoms with Gasteiger partial charge in [-0.15, -0.1) is 0 Å². The Morgan fingerprint density at radius 3 is 2.69 bits per heavy atom.